The van der Waals surface area contributed by atoms with Crippen molar-refractivity contribution in [2.45, 2.75) is 76.2 Å². The predicted octanol–water partition coefficient (Wildman–Crippen LogP) is 2.41. The van der Waals surface area contributed by atoms with Crippen LogP contribution in [0.25, 0.3) is 0 Å². The minimum Gasteiger partial charge on any atom is -0.511 e. The van der Waals surface area contributed by atoms with Gasteiger partial charge in [0.1, 0.15) is 17.4 Å². The first-order chi connectivity index (χ1) is 12.4. The van der Waals surface area contributed by atoms with Crippen LogP contribution in [-0.2, 0) is 14.3 Å². The maximum Gasteiger partial charge on any atom is 0.340 e. The molecule has 0 saturated heterocycles. The fraction of sp³-hybridized carbons (Fsp3) is 0.850. The standard InChI is InChI=1S/C20H33NO5/c1-4-25-14-9-10-15-16(11-14)26-20(24)17(19(15)23)18(22)12-5-7-13(8-6-12)21(2)3/h12-16,18,22-23H,4-11H2,1-3H3. The van der Waals surface area contributed by atoms with Crippen molar-refractivity contribution >= 4 is 5.97 Å². The van der Waals surface area contributed by atoms with Crippen molar-refractivity contribution in [1.82, 2.24) is 4.90 Å². The predicted molar refractivity (Wildman–Crippen MR) is 97.7 cm³/mol. The van der Waals surface area contributed by atoms with E-state index < -0.39 is 12.1 Å². The van der Waals surface area contributed by atoms with E-state index in [9.17, 15) is 15.0 Å². The first-order valence-corrected chi connectivity index (χ1v) is 10.0. The molecule has 0 bridgehead atoms. The number of nitrogens with zero attached hydrogens (tertiary/aromatic N) is 1. The number of hydrogen-bond donors (Lipinski definition) is 2. The number of esters is 1. The number of carbonyl (C=O) groups is 1. The molecule has 4 unspecified atom stereocenters. The van der Waals surface area contributed by atoms with Gasteiger partial charge in [-0.3, -0.25) is 0 Å². The summed E-state index contributed by atoms with van der Waals surface area (Å²) >= 11 is 0. The Morgan fingerprint density at radius 2 is 1.88 bits per heavy atom. The van der Waals surface area contributed by atoms with Gasteiger partial charge in [-0.15, -0.1) is 0 Å². The maximum atomic E-state index is 12.5. The quantitative estimate of drug-likeness (QED) is 0.727. The molecule has 6 heteroatoms. The molecular weight excluding hydrogens is 334 g/mol. The van der Waals surface area contributed by atoms with E-state index in [-0.39, 0.29) is 35.4 Å². The van der Waals surface area contributed by atoms with Crippen molar-refractivity contribution in [3.05, 3.63) is 11.3 Å². The van der Waals surface area contributed by atoms with Crippen LogP contribution in [0.5, 0.6) is 0 Å². The Labute approximate surface area is 156 Å². The molecule has 148 valence electrons. The summed E-state index contributed by atoms with van der Waals surface area (Å²) < 4.78 is 11.3. The Kier molecular flexibility index (Phi) is 6.25. The second-order valence-electron chi connectivity index (χ2n) is 8.22. The molecule has 0 aromatic rings. The van der Waals surface area contributed by atoms with Crippen LogP contribution in [0.2, 0.25) is 0 Å². The lowest BCUT2D eigenvalue weighted by molar-refractivity contribution is -0.158. The zero-order valence-electron chi connectivity index (χ0n) is 16.2. The molecule has 2 aliphatic carbocycles. The fourth-order valence-corrected chi connectivity index (χ4v) is 4.87. The van der Waals surface area contributed by atoms with Gasteiger partial charge in [-0.25, -0.2) is 4.79 Å². The Bertz CT molecular complexity index is 538. The number of aliphatic hydroxyl groups is 2. The van der Waals surface area contributed by atoms with E-state index in [1.54, 1.807) is 0 Å². The first kappa shape index (κ1) is 19.6. The van der Waals surface area contributed by atoms with Gasteiger partial charge in [0.25, 0.3) is 0 Å². The van der Waals surface area contributed by atoms with E-state index in [2.05, 4.69) is 19.0 Å². The molecule has 2 saturated carbocycles. The number of aliphatic hydroxyl groups excluding tert-OH is 2. The van der Waals surface area contributed by atoms with Crippen LogP contribution in [-0.4, -0.2) is 66.1 Å². The lowest BCUT2D eigenvalue weighted by Crippen LogP contribution is -2.45. The van der Waals surface area contributed by atoms with Gasteiger partial charge in [0, 0.05) is 19.1 Å². The number of hydrogen-bond acceptors (Lipinski definition) is 6. The van der Waals surface area contributed by atoms with Gasteiger partial charge in [-0.1, -0.05) is 0 Å². The van der Waals surface area contributed by atoms with Gasteiger partial charge in [-0.05, 0) is 65.5 Å². The van der Waals surface area contributed by atoms with Gasteiger partial charge < -0.3 is 24.6 Å². The molecule has 2 fully saturated rings. The summed E-state index contributed by atoms with van der Waals surface area (Å²) in [5.41, 5.74) is 0.106. The van der Waals surface area contributed by atoms with E-state index in [0.717, 1.165) is 38.5 Å². The normalized spacial score (nSPS) is 36.7. The highest BCUT2D eigenvalue weighted by atomic mass is 16.6. The van der Waals surface area contributed by atoms with E-state index in [4.69, 9.17) is 9.47 Å². The van der Waals surface area contributed by atoms with Gasteiger partial charge >= 0.3 is 5.97 Å². The van der Waals surface area contributed by atoms with Crippen LogP contribution in [0.1, 0.15) is 51.9 Å². The molecule has 0 radical (unpaired) electrons. The summed E-state index contributed by atoms with van der Waals surface area (Å²) in [5.74, 6) is -0.689. The average Bonchev–Trinajstić information content (AvgIpc) is 2.61. The molecule has 3 rings (SSSR count). The van der Waals surface area contributed by atoms with E-state index in [1.807, 2.05) is 6.92 Å². The highest BCUT2D eigenvalue weighted by Crippen LogP contribution is 2.41. The lowest BCUT2D eigenvalue weighted by atomic mass is 9.76. The van der Waals surface area contributed by atoms with Crippen molar-refractivity contribution in [3.63, 3.8) is 0 Å². The smallest absolute Gasteiger partial charge is 0.340 e. The highest BCUT2D eigenvalue weighted by molar-refractivity contribution is 5.91. The van der Waals surface area contributed by atoms with Crippen LogP contribution < -0.4 is 0 Å². The molecular formula is C20H33NO5. The van der Waals surface area contributed by atoms with Crippen LogP contribution in [0.4, 0.5) is 0 Å². The molecule has 0 amide bonds. The molecule has 1 heterocycles. The number of ether oxygens (including phenoxy) is 2. The van der Waals surface area contributed by atoms with Crippen LogP contribution in [0.3, 0.4) is 0 Å². The van der Waals surface area contributed by atoms with Crippen molar-refractivity contribution < 1.29 is 24.5 Å². The molecule has 26 heavy (non-hydrogen) atoms. The van der Waals surface area contributed by atoms with E-state index in [1.165, 1.54) is 0 Å². The average molecular weight is 367 g/mol. The lowest BCUT2D eigenvalue weighted by Gasteiger charge is -2.41. The van der Waals surface area contributed by atoms with Gasteiger partial charge in [0.05, 0.1) is 18.1 Å². The zero-order chi connectivity index (χ0) is 18.8. The zero-order valence-corrected chi connectivity index (χ0v) is 16.2. The Hall–Kier alpha value is -1.11. The molecule has 3 aliphatic rings. The molecule has 4 atom stereocenters. The largest absolute Gasteiger partial charge is 0.511 e. The Balaban J connectivity index is 1.69. The van der Waals surface area contributed by atoms with Crippen LogP contribution >= 0.6 is 0 Å². The monoisotopic (exact) mass is 367 g/mol. The fourth-order valence-electron chi connectivity index (χ4n) is 4.87. The van der Waals surface area contributed by atoms with Gasteiger partial charge in [-0.2, -0.15) is 0 Å². The summed E-state index contributed by atoms with van der Waals surface area (Å²) in [6.45, 7) is 2.59. The number of rotatable bonds is 5. The molecule has 1 aliphatic heterocycles. The van der Waals surface area contributed by atoms with Gasteiger partial charge in [0.2, 0.25) is 0 Å². The van der Waals surface area contributed by atoms with Crippen molar-refractivity contribution in [3.8, 4) is 0 Å². The van der Waals surface area contributed by atoms with E-state index >= 15 is 0 Å². The molecule has 6 nitrogen and oxygen atoms in total. The minimum absolute atomic E-state index is 0.00668. The molecule has 0 aromatic carbocycles. The molecule has 0 spiro atoms. The second kappa shape index (κ2) is 8.28. The third-order valence-electron chi connectivity index (χ3n) is 6.47. The number of fused-ring (bicyclic) bond motifs is 1. The Morgan fingerprint density at radius 3 is 2.50 bits per heavy atom. The van der Waals surface area contributed by atoms with Crippen molar-refractivity contribution in [2.75, 3.05) is 20.7 Å². The summed E-state index contributed by atoms with van der Waals surface area (Å²) in [7, 11) is 4.15. The third kappa shape index (κ3) is 3.92. The van der Waals surface area contributed by atoms with Crippen molar-refractivity contribution in [1.29, 1.82) is 0 Å². The topological polar surface area (TPSA) is 79.2 Å². The third-order valence-corrected chi connectivity index (χ3v) is 6.47. The Morgan fingerprint density at radius 1 is 1.19 bits per heavy atom. The molecule has 0 aromatic heterocycles. The van der Waals surface area contributed by atoms with Crippen LogP contribution in [0, 0.1) is 11.8 Å². The molecule has 2 N–H and O–H groups in total. The summed E-state index contributed by atoms with van der Waals surface area (Å²) in [4.78, 5) is 14.7. The van der Waals surface area contributed by atoms with Gasteiger partial charge in [0.15, 0.2) is 0 Å². The second-order valence-corrected chi connectivity index (χ2v) is 8.22. The summed E-state index contributed by atoms with van der Waals surface area (Å²) in [6, 6.07) is 0.526. The maximum absolute atomic E-state index is 12.5. The first-order valence-electron chi connectivity index (χ1n) is 10.0. The van der Waals surface area contributed by atoms with E-state index in [0.29, 0.717) is 19.1 Å². The summed E-state index contributed by atoms with van der Waals surface area (Å²) in [5, 5.41) is 21.6. The summed E-state index contributed by atoms with van der Waals surface area (Å²) in [6.07, 6.45) is 4.69. The SMILES string of the molecule is CCOC1CCC2C(O)=C(C(O)C3CCC(N(C)C)CC3)C(=O)OC2C1. The number of carbonyl (C=O) groups excluding carboxylic acids is 1. The van der Waals surface area contributed by atoms with Crippen molar-refractivity contribution in [2.24, 2.45) is 11.8 Å². The van der Waals surface area contributed by atoms with Crippen LogP contribution in [0.15, 0.2) is 11.3 Å². The highest BCUT2D eigenvalue weighted by Gasteiger charge is 2.45. The minimum atomic E-state index is -0.934.